The van der Waals surface area contributed by atoms with Gasteiger partial charge in [0.15, 0.2) is 5.78 Å². The number of hydrogen-bond acceptors (Lipinski definition) is 5. The van der Waals surface area contributed by atoms with E-state index in [0.29, 0.717) is 36.9 Å². The Morgan fingerprint density at radius 3 is 2.26 bits per heavy atom. The van der Waals surface area contributed by atoms with E-state index in [1.54, 1.807) is 6.07 Å². The maximum atomic E-state index is 13.0. The van der Waals surface area contributed by atoms with Crippen molar-refractivity contribution in [3.8, 4) is 5.69 Å². The number of piperazine rings is 1. The van der Waals surface area contributed by atoms with Gasteiger partial charge in [-0.15, -0.1) is 11.3 Å². The van der Waals surface area contributed by atoms with Crippen LogP contribution in [0.5, 0.6) is 0 Å². The Hall–Kier alpha value is -2.26. The minimum Gasteiger partial charge on any atom is -0.318 e. The normalized spacial score (nSPS) is 16.0. The number of hydrogen-bond donors (Lipinski definition) is 0. The van der Waals surface area contributed by atoms with Gasteiger partial charge in [-0.25, -0.2) is 8.42 Å². The molecule has 3 aromatic rings. The van der Waals surface area contributed by atoms with E-state index >= 15 is 0 Å². The number of nitrogens with zero attached hydrogens (tertiary/aromatic N) is 3. The van der Waals surface area contributed by atoms with Gasteiger partial charge in [-0.2, -0.15) is 4.31 Å². The zero-order valence-electron chi connectivity index (χ0n) is 18.0. The fraction of sp³-hybridized carbons (Fsp3) is 0.348. The zero-order valence-corrected chi connectivity index (χ0v) is 19.7. The molecule has 0 bridgehead atoms. The Morgan fingerprint density at radius 1 is 0.968 bits per heavy atom. The third-order valence-electron chi connectivity index (χ3n) is 5.75. The molecule has 0 amide bonds. The Balaban J connectivity index is 1.42. The van der Waals surface area contributed by atoms with Crippen molar-refractivity contribution in [1.29, 1.82) is 0 Å². The predicted molar refractivity (Wildman–Crippen MR) is 124 cm³/mol. The number of Topliss-reactive ketones (excluding diaryl/α,β-unsaturated/α-hetero) is 1. The molecule has 1 aliphatic heterocycles. The van der Waals surface area contributed by atoms with Gasteiger partial charge >= 0.3 is 0 Å². The van der Waals surface area contributed by atoms with Crippen LogP contribution in [0.3, 0.4) is 0 Å². The summed E-state index contributed by atoms with van der Waals surface area (Å²) >= 11 is 1.30. The number of aromatic nitrogens is 1. The van der Waals surface area contributed by atoms with Gasteiger partial charge in [0, 0.05) is 53.7 Å². The molecule has 0 unspecified atom stereocenters. The summed E-state index contributed by atoms with van der Waals surface area (Å²) in [6.07, 6.45) is 0. The van der Waals surface area contributed by atoms with Crippen LogP contribution in [0.25, 0.3) is 5.69 Å². The Bertz CT molecular complexity index is 1190. The van der Waals surface area contributed by atoms with Gasteiger partial charge in [0.05, 0.1) is 6.54 Å². The molecule has 31 heavy (non-hydrogen) atoms. The van der Waals surface area contributed by atoms with Gasteiger partial charge in [0.2, 0.25) is 0 Å². The van der Waals surface area contributed by atoms with Crippen LogP contribution in [0.2, 0.25) is 0 Å². The summed E-state index contributed by atoms with van der Waals surface area (Å²) in [5.41, 5.74) is 3.72. The lowest BCUT2D eigenvalue weighted by molar-refractivity contribution is 0.0901. The highest BCUT2D eigenvalue weighted by Gasteiger charge is 2.30. The number of carbonyl (C=O) groups excluding carboxylic acids is 1. The van der Waals surface area contributed by atoms with Crippen molar-refractivity contribution in [1.82, 2.24) is 13.8 Å². The maximum absolute atomic E-state index is 13.0. The van der Waals surface area contributed by atoms with Crippen LogP contribution in [-0.2, 0) is 10.0 Å². The fourth-order valence-corrected chi connectivity index (χ4v) is 6.97. The van der Waals surface area contributed by atoms with Gasteiger partial charge in [0.1, 0.15) is 4.21 Å². The van der Waals surface area contributed by atoms with E-state index in [0.717, 1.165) is 27.5 Å². The lowest BCUT2D eigenvalue weighted by Crippen LogP contribution is -2.49. The molecule has 0 radical (unpaired) electrons. The van der Waals surface area contributed by atoms with Crippen LogP contribution in [-0.4, -0.2) is 60.7 Å². The average Bonchev–Trinajstić information content (AvgIpc) is 3.32. The van der Waals surface area contributed by atoms with Crippen molar-refractivity contribution in [2.24, 2.45) is 0 Å². The highest BCUT2D eigenvalue weighted by atomic mass is 32.2. The lowest BCUT2D eigenvalue weighted by Gasteiger charge is -2.33. The third kappa shape index (κ3) is 4.39. The van der Waals surface area contributed by atoms with E-state index in [2.05, 4.69) is 4.57 Å². The molecule has 1 fully saturated rings. The summed E-state index contributed by atoms with van der Waals surface area (Å²) in [5.74, 6) is 0.0699. The molecule has 1 saturated heterocycles. The third-order valence-corrected chi connectivity index (χ3v) is 9.12. The first kappa shape index (κ1) is 22.0. The first-order valence-electron chi connectivity index (χ1n) is 10.3. The van der Waals surface area contributed by atoms with E-state index in [1.165, 1.54) is 15.6 Å². The first-order valence-corrected chi connectivity index (χ1v) is 12.6. The molecular weight excluding hydrogens is 430 g/mol. The molecule has 1 aromatic carbocycles. The number of rotatable bonds is 6. The second kappa shape index (κ2) is 8.70. The minimum atomic E-state index is -3.45. The first-order chi connectivity index (χ1) is 14.8. The molecule has 164 valence electrons. The Kier molecular flexibility index (Phi) is 6.16. The van der Waals surface area contributed by atoms with Crippen LogP contribution in [0.4, 0.5) is 0 Å². The smallest absolute Gasteiger partial charge is 0.252 e. The second-order valence-electron chi connectivity index (χ2n) is 7.92. The van der Waals surface area contributed by atoms with Crippen molar-refractivity contribution >= 4 is 27.1 Å². The van der Waals surface area contributed by atoms with E-state index in [9.17, 15) is 13.2 Å². The van der Waals surface area contributed by atoms with E-state index in [-0.39, 0.29) is 5.78 Å². The molecule has 0 saturated carbocycles. The lowest BCUT2D eigenvalue weighted by atomic mass is 10.1. The molecule has 1 aliphatic rings. The van der Waals surface area contributed by atoms with Gasteiger partial charge in [-0.3, -0.25) is 9.69 Å². The molecule has 6 nitrogen and oxygen atoms in total. The van der Waals surface area contributed by atoms with Crippen LogP contribution in [0, 0.1) is 20.8 Å². The van der Waals surface area contributed by atoms with Crippen LogP contribution >= 0.6 is 11.3 Å². The molecule has 4 rings (SSSR count). The van der Waals surface area contributed by atoms with Crippen LogP contribution in [0.15, 0.2) is 52.7 Å². The number of para-hydroxylation sites is 1. The number of carbonyl (C=O) groups is 1. The zero-order chi connectivity index (χ0) is 22.2. The maximum Gasteiger partial charge on any atom is 0.252 e. The van der Waals surface area contributed by atoms with Gasteiger partial charge < -0.3 is 4.57 Å². The van der Waals surface area contributed by atoms with Gasteiger partial charge in [0.25, 0.3) is 10.0 Å². The topological polar surface area (TPSA) is 62.6 Å². The van der Waals surface area contributed by atoms with Crippen molar-refractivity contribution in [3.63, 3.8) is 0 Å². The highest BCUT2D eigenvalue weighted by Crippen LogP contribution is 2.25. The monoisotopic (exact) mass is 457 g/mol. The van der Waals surface area contributed by atoms with Gasteiger partial charge in [-0.05, 0) is 51.1 Å². The standard InChI is InChI=1S/C23H27N3O3S2/c1-17-15-21(19(3)26(17)20-7-5-4-6-8-20)22(27)16-24-11-13-25(14-12-24)31(28,29)23-10-9-18(2)30-23/h4-10,15H,11-14,16H2,1-3H3. The summed E-state index contributed by atoms with van der Waals surface area (Å²) in [6.45, 7) is 8.07. The minimum absolute atomic E-state index is 0.0699. The Labute approximate surface area is 187 Å². The summed E-state index contributed by atoms with van der Waals surface area (Å²) in [7, 11) is -3.45. The largest absolute Gasteiger partial charge is 0.318 e. The number of sulfonamides is 1. The van der Waals surface area contributed by atoms with Crippen molar-refractivity contribution in [3.05, 3.63) is 70.4 Å². The van der Waals surface area contributed by atoms with Crippen LogP contribution in [0.1, 0.15) is 26.6 Å². The predicted octanol–water partition coefficient (Wildman–Crippen LogP) is 3.65. The summed E-state index contributed by atoms with van der Waals surface area (Å²) < 4.78 is 29.7. The van der Waals surface area contributed by atoms with Crippen molar-refractivity contribution in [2.75, 3.05) is 32.7 Å². The van der Waals surface area contributed by atoms with Crippen molar-refractivity contribution < 1.29 is 13.2 Å². The molecular formula is C23H27N3O3S2. The molecule has 0 aliphatic carbocycles. The SMILES string of the molecule is Cc1ccc(S(=O)(=O)N2CCN(CC(=O)c3cc(C)n(-c4ccccc4)c3C)CC2)s1. The quantitative estimate of drug-likeness (QED) is 0.530. The van der Waals surface area contributed by atoms with E-state index in [4.69, 9.17) is 0 Å². The molecule has 3 heterocycles. The molecule has 2 aromatic heterocycles. The molecule has 0 N–H and O–H groups in total. The average molecular weight is 458 g/mol. The number of aryl methyl sites for hydroxylation is 2. The summed E-state index contributed by atoms with van der Waals surface area (Å²) in [6, 6.07) is 15.5. The highest BCUT2D eigenvalue weighted by molar-refractivity contribution is 7.91. The molecule has 8 heteroatoms. The van der Waals surface area contributed by atoms with Crippen LogP contribution < -0.4 is 0 Å². The summed E-state index contributed by atoms with van der Waals surface area (Å²) in [4.78, 5) is 16.1. The number of ketones is 1. The number of thiophene rings is 1. The molecule has 0 spiro atoms. The fourth-order valence-electron chi connectivity index (χ4n) is 4.11. The number of benzene rings is 1. The van der Waals surface area contributed by atoms with E-state index < -0.39 is 10.0 Å². The van der Waals surface area contributed by atoms with E-state index in [1.807, 2.05) is 68.1 Å². The Morgan fingerprint density at radius 2 is 1.65 bits per heavy atom. The summed E-state index contributed by atoms with van der Waals surface area (Å²) in [5, 5.41) is 0. The molecule has 0 atom stereocenters. The second-order valence-corrected chi connectivity index (χ2v) is 11.4. The van der Waals surface area contributed by atoms with Crippen molar-refractivity contribution in [2.45, 2.75) is 25.0 Å². The van der Waals surface area contributed by atoms with Gasteiger partial charge in [-0.1, -0.05) is 18.2 Å².